The smallest absolute Gasteiger partial charge is 0.245 e. The summed E-state index contributed by atoms with van der Waals surface area (Å²) < 4.78 is 5.47. The van der Waals surface area contributed by atoms with Crippen LogP contribution in [0.25, 0.3) is 0 Å². The van der Waals surface area contributed by atoms with E-state index in [1.54, 1.807) is 38.1 Å². The van der Waals surface area contributed by atoms with Crippen molar-refractivity contribution in [2.24, 2.45) is 5.92 Å². The summed E-state index contributed by atoms with van der Waals surface area (Å²) in [6, 6.07) is 7.92. The van der Waals surface area contributed by atoms with Crippen LogP contribution < -0.4 is 10.1 Å². The van der Waals surface area contributed by atoms with Crippen LogP contribution in [0, 0.1) is 17.2 Å². The first-order chi connectivity index (χ1) is 10.8. The molecule has 1 amide bonds. The van der Waals surface area contributed by atoms with Crippen LogP contribution in [0.15, 0.2) is 24.3 Å². The van der Waals surface area contributed by atoms with Crippen LogP contribution in [-0.4, -0.2) is 29.6 Å². The Morgan fingerprint density at radius 3 is 2.39 bits per heavy atom. The molecule has 0 saturated carbocycles. The Bertz CT molecular complexity index is 646. The van der Waals surface area contributed by atoms with E-state index in [2.05, 4.69) is 5.32 Å². The predicted molar refractivity (Wildman–Crippen MR) is 83.9 cm³/mol. The van der Waals surface area contributed by atoms with Crippen LogP contribution in [0.3, 0.4) is 0 Å². The van der Waals surface area contributed by atoms with Crippen molar-refractivity contribution in [3.05, 3.63) is 29.8 Å². The standard InChI is InChI=1S/C17H20N2O4/c1-10(2)19-17(22)15(9-18)16(21)12(4)23-14-7-5-6-13(8-14)11(3)20/h5-8,10,12,15H,1-4H3,(H,19,22)/t12-,15-/m0/s1. The number of rotatable bonds is 7. The SMILES string of the molecule is CC(=O)c1cccc(O[C@@H](C)C(=O)[C@H](C#N)C(=O)NC(C)C)c1. The van der Waals surface area contributed by atoms with Crippen LogP contribution in [0.4, 0.5) is 0 Å². The number of benzene rings is 1. The molecule has 0 unspecified atom stereocenters. The zero-order chi connectivity index (χ0) is 17.6. The first-order valence-corrected chi connectivity index (χ1v) is 7.27. The van der Waals surface area contributed by atoms with Crippen molar-refractivity contribution in [3.8, 4) is 11.8 Å². The van der Waals surface area contributed by atoms with E-state index in [0.717, 1.165) is 0 Å². The molecule has 1 aromatic rings. The maximum absolute atomic E-state index is 12.2. The lowest BCUT2D eigenvalue weighted by Crippen LogP contribution is -2.42. The Labute approximate surface area is 135 Å². The van der Waals surface area contributed by atoms with E-state index >= 15 is 0 Å². The fraction of sp³-hybridized carbons (Fsp3) is 0.412. The summed E-state index contributed by atoms with van der Waals surface area (Å²) in [5.74, 6) is -2.48. The molecular weight excluding hydrogens is 296 g/mol. The number of amides is 1. The van der Waals surface area contributed by atoms with Gasteiger partial charge in [-0.15, -0.1) is 0 Å². The molecule has 6 heteroatoms. The molecule has 0 aliphatic heterocycles. The Morgan fingerprint density at radius 2 is 1.87 bits per heavy atom. The molecule has 0 saturated heterocycles. The van der Waals surface area contributed by atoms with Gasteiger partial charge in [0.2, 0.25) is 5.91 Å². The lowest BCUT2D eigenvalue weighted by atomic mass is 10.0. The molecule has 0 aromatic heterocycles. The minimum Gasteiger partial charge on any atom is -0.483 e. The van der Waals surface area contributed by atoms with E-state index in [0.29, 0.717) is 11.3 Å². The molecule has 2 atom stereocenters. The van der Waals surface area contributed by atoms with Crippen molar-refractivity contribution < 1.29 is 19.1 Å². The summed E-state index contributed by atoms with van der Waals surface area (Å²) in [6.45, 7) is 6.37. The molecule has 122 valence electrons. The molecule has 1 rings (SSSR count). The van der Waals surface area contributed by atoms with Crippen molar-refractivity contribution in [1.29, 1.82) is 5.26 Å². The molecule has 0 aliphatic rings. The molecule has 1 N–H and O–H groups in total. The van der Waals surface area contributed by atoms with Crippen molar-refractivity contribution in [2.75, 3.05) is 0 Å². The largest absolute Gasteiger partial charge is 0.483 e. The second-order valence-electron chi connectivity index (χ2n) is 5.47. The molecule has 23 heavy (non-hydrogen) atoms. The normalized spacial score (nSPS) is 12.9. The number of carbonyl (C=O) groups is 3. The second-order valence-corrected chi connectivity index (χ2v) is 5.47. The number of ketones is 2. The average molecular weight is 316 g/mol. The first kappa shape index (κ1) is 18.4. The molecule has 0 bridgehead atoms. The van der Waals surface area contributed by atoms with Crippen LogP contribution >= 0.6 is 0 Å². The van der Waals surface area contributed by atoms with Gasteiger partial charge in [-0.25, -0.2) is 0 Å². The molecule has 0 spiro atoms. The van der Waals surface area contributed by atoms with Crippen molar-refractivity contribution in [2.45, 2.75) is 39.8 Å². The van der Waals surface area contributed by atoms with Crippen molar-refractivity contribution in [1.82, 2.24) is 5.32 Å². The minimum absolute atomic E-state index is 0.124. The molecular formula is C17H20N2O4. The third kappa shape index (κ3) is 5.22. The molecule has 0 heterocycles. The molecule has 0 radical (unpaired) electrons. The second kappa shape index (κ2) is 8.08. The summed E-state index contributed by atoms with van der Waals surface area (Å²) in [4.78, 5) is 35.5. The monoisotopic (exact) mass is 316 g/mol. The van der Waals surface area contributed by atoms with Gasteiger partial charge in [0.05, 0.1) is 6.07 Å². The van der Waals surface area contributed by atoms with Gasteiger partial charge < -0.3 is 10.1 Å². The number of carbonyl (C=O) groups excluding carboxylic acids is 3. The fourth-order valence-electron chi connectivity index (χ4n) is 1.90. The van der Waals surface area contributed by atoms with Crippen LogP contribution in [0.2, 0.25) is 0 Å². The minimum atomic E-state index is -1.43. The summed E-state index contributed by atoms with van der Waals surface area (Å²) >= 11 is 0. The highest BCUT2D eigenvalue weighted by atomic mass is 16.5. The fourth-order valence-corrected chi connectivity index (χ4v) is 1.90. The number of hydrogen-bond donors (Lipinski definition) is 1. The van der Waals surface area contributed by atoms with E-state index in [1.165, 1.54) is 19.9 Å². The summed E-state index contributed by atoms with van der Waals surface area (Å²) in [5.41, 5.74) is 0.455. The summed E-state index contributed by atoms with van der Waals surface area (Å²) in [7, 11) is 0. The van der Waals surface area contributed by atoms with Gasteiger partial charge >= 0.3 is 0 Å². The Kier molecular flexibility index (Phi) is 6.46. The van der Waals surface area contributed by atoms with Crippen molar-refractivity contribution in [3.63, 3.8) is 0 Å². The van der Waals surface area contributed by atoms with E-state index in [1.807, 2.05) is 0 Å². The number of nitrogens with zero attached hydrogens (tertiary/aromatic N) is 1. The van der Waals surface area contributed by atoms with E-state index in [9.17, 15) is 14.4 Å². The first-order valence-electron chi connectivity index (χ1n) is 7.27. The van der Waals surface area contributed by atoms with Gasteiger partial charge in [-0.1, -0.05) is 12.1 Å². The summed E-state index contributed by atoms with van der Waals surface area (Å²) in [5, 5.41) is 11.6. The van der Waals surface area contributed by atoms with Gasteiger partial charge in [0.15, 0.2) is 23.6 Å². The highest BCUT2D eigenvalue weighted by Crippen LogP contribution is 2.17. The Balaban J connectivity index is 2.83. The molecule has 0 aliphatic carbocycles. The van der Waals surface area contributed by atoms with Gasteiger partial charge in [-0.2, -0.15) is 5.26 Å². The molecule has 0 fully saturated rings. The van der Waals surface area contributed by atoms with E-state index in [-0.39, 0.29) is 11.8 Å². The number of nitriles is 1. The number of Topliss-reactive ketones (excluding diaryl/α,β-unsaturated/α-hetero) is 2. The Hall–Kier alpha value is -2.68. The van der Waals surface area contributed by atoms with Gasteiger partial charge in [-0.05, 0) is 39.8 Å². The maximum Gasteiger partial charge on any atom is 0.245 e. The lowest BCUT2D eigenvalue weighted by molar-refractivity contribution is -0.135. The van der Waals surface area contributed by atoms with Crippen LogP contribution in [0.5, 0.6) is 5.75 Å². The highest BCUT2D eigenvalue weighted by molar-refractivity contribution is 6.05. The zero-order valence-electron chi connectivity index (χ0n) is 13.6. The van der Waals surface area contributed by atoms with Gasteiger partial charge in [0.25, 0.3) is 0 Å². The van der Waals surface area contributed by atoms with Gasteiger partial charge in [0.1, 0.15) is 5.75 Å². The van der Waals surface area contributed by atoms with Crippen LogP contribution in [-0.2, 0) is 9.59 Å². The van der Waals surface area contributed by atoms with E-state index in [4.69, 9.17) is 10.00 Å². The number of ether oxygens (including phenoxy) is 1. The molecule has 1 aromatic carbocycles. The molecule has 6 nitrogen and oxygen atoms in total. The number of hydrogen-bond acceptors (Lipinski definition) is 5. The topological polar surface area (TPSA) is 96.3 Å². The van der Waals surface area contributed by atoms with Gasteiger partial charge in [-0.3, -0.25) is 14.4 Å². The highest BCUT2D eigenvalue weighted by Gasteiger charge is 2.31. The third-order valence-corrected chi connectivity index (χ3v) is 3.06. The third-order valence-electron chi connectivity index (χ3n) is 3.06. The number of nitrogens with one attached hydrogen (secondary N) is 1. The van der Waals surface area contributed by atoms with Crippen LogP contribution in [0.1, 0.15) is 38.1 Å². The predicted octanol–water partition coefficient (Wildman–Crippen LogP) is 1.89. The summed E-state index contributed by atoms with van der Waals surface area (Å²) in [6.07, 6.45) is -0.986. The lowest BCUT2D eigenvalue weighted by Gasteiger charge is -2.17. The average Bonchev–Trinajstić information content (AvgIpc) is 2.47. The van der Waals surface area contributed by atoms with E-state index < -0.39 is 23.7 Å². The maximum atomic E-state index is 12.2. The van der Waals surface area contributed by atoms with Gasteiger partial charge in [0, 0.05) is 11.6 Å². The Morgan fingerprint density at radius 1 is 1.22 bits per heavy atom. The van der Waals surface area contributed by atoms with Crippen molar-refractivity contribution >= 4 is 17.5 Å². The zero-order valence-corrected chi connectivity index (χ0v) is 13.6. The quantitative estimate of drug-likeness (QED) is 0.612.